The van der Waals surface area contributed by atoms with Gasteiger partial charge in [-0.05, 0) is 30.7 Å². The van der Waals surface area contributed by atoms with Crippen LogP contribution >= 0.6 is 11.3 Å². The van der Waals surface area contributed by atoms with Crippen molar-refractivity contribution in [2.75, 3.05) is 7.11 Å². The fraction of sp³-hybridized carbons (Fsp3) is 0.250. The van der Waals surface area contributed by atoms with Crippen LogP contribution in [0.4, 0.5) is 0 Å². The van der Waals surface area contributed by atoms with Crippen LogP contribution in [0.1, 0.15) is 25.9 Å². The Bertz CT molecular complexity index is 807. The van der Waals surface area contributed by atoms with E-state index in [9.17, 15) is 4.79 Å². The summed E-state index contributed by atoms with van der Waals surface area (Å²) in [5.74, 6) is 0.663. The minimum atomic E-state index is -0.0930. The Hall–Kier alpha value is -2.18. The number of benzene rings is 1. The number of rotatable bonds is 5. The molecule has 1 amide bonds. The van der Waals surface area contributed by atoms with E-state index in [1.165, 1.54) is 11.3 Å². The first-order chi connectivity index (χ1) is 10.7. The Labute approximate surface area is 132 Å². The van der Waals surface area contributed by atoms with E-state index >= 15 is 0 Å². The highest BCUT2D eigenvalue weighted by atomic mass is 32.1. The molecule has 2 N–H and O–H groups in total. The molecule has 114 valence electrons. The fourth-order valence-corrected chi connectivity index (χ4v) is 3.18. The van der Waals surface area contributed by atoms with Gasteiger partial charge in [0.25, 0.3) is 5.91 Å². The summed E-state index contributed by atoms with van der Waals surface area (Å²) in [5, 5.41) is 2.89. The van der Waals surface area contributed by atoms with Crippen molar-refractivity contribution in [2.24, 2.45) is 0 Å². The van der Waals surface area contributed by atoms with Gasteiger partial charge in [-0.25, -0.2) is 4.98 Å². The number of para-hydroxylation sites is 1. The molecule has 0 bridgehead atoms. The number of fused-ring (bicyclic) bond motifs is 1. The van der Waals surface area contributed by atoms with E-state index in [1.54, 1.807) is 7.11 Å². The van der Waals surface area contributed by atoms with E-state index in [1.807, 2.05) is 37.3 Å². The van der Waals surface area contributed by atoms with Crippen molar-refractivity contribution in [1.82, 2.24) is 15.3 Å². The number of methoxy groups -OCH3 is 1. The molecule has 2 aromatic heterocycles. The molecule has 0 fully saturated rings. The lowest BCUT2D eigenvalue weighted by Crippen LogP contribution is -2.22. The summed E-state index contributed by atoms with van der Waals surface area (Å²) in [6, 6.07) is 9.72. The van der Waals surface area contributed by atoms with Gasteiger partial charge in [0.15, 0.2) is 0 Å². The SMILES string of the molecule is COCc1ccc(C(=O)NCc2nc3c(C)cccc3[nH]2)s1. The number of ether oxygens (including phenoxy) is 1. The number of carbonyl (C=O) groups is 1. The van der Waals surface area contributed by atoms with E-state index in [0.29, 0.717) is 18.0 Å². The number of nitrogens with zero attached hydrogens (tertiary/aromatic N) is 1. The molecule has 1 aromatic carbocycles. The van der Waals surface area contributed by atoms with Crippen molar-refractivity contribution in [3.8, 4) is 0 Å². The summed E-state index contributed by atoms with van der Waals surface area (Å²) < 4.78 is 5.06. The number of hydrogen-bond donors (Lipinski definition) is 2. The van der Waals surface area contributed by atoms with Crippen LogP contribution in [0, 0.1) is 6.92 Å². The van der Waals surface area contributed by atoms with Gasteiger partial charge in [-0.1, -0.05) is 12.1 Å². The van der Waals surface area contributed by atoms with Crippen LogP contribution in [0.5, 0.6) is 0 Å². The maximum Gasteiger partial charge on any atom is 0.261 e. The lowest BCUT2D eigenvalue weighted by Gasteiger charge is -2.00. The lowest BCUT2D eigenvalue weighted by molar-refractivity contribution is 0.0954. The second-order valence-corrected chi connectivity index (χ2v) is 6.20. The fourth-order valence-electron chi connectivity index (χ4n) is 2.28. The highest BCUT2D eigenvalue weighted by molar-refractivity contribution is 7.14. The summed E-state index contributed by atoms with van der Waals surface area (Å²) in [7, 11) is 1.64. The van der Waals surface area contributed by atoms with Crippen LogP contribution in [-0.2, 0) is 17.9 Å². The third-order valence-electron chi connectivity index (χ3n) is 3.35. The zero-order valence-corrected chi connectivity index (χ0v) is 13.3. The largest absolute Gasteiger partial charge is 0.379 e. The molecule has 0 unspecified atom stereocenters. The maximum absolute atomic E-state index is 12.1. The van der Waals surface area contributed by atoms with Gasteiger partial charge in [0.1, 0.15) is 5.82 Å². The molecule has 0 spiro atoms. The van der Waals surface area contributed by atoms with E-state index in [2.05, 4.69) is 15.3 Å². The van der Waals surface area contributed by atoms with E-state index in [4.69, 9.17) is 4.74 Å². The van der Waals surface area contributed by atoms with Crippen molar-refractivity contribution < 1.29 is 9.53 Å². The number of nitrogens with one attached hydrogen (secondary N) is 2. The van der Waals surface area contributed by atoms with Crippen LogP contribution < -0.4 is 5.32 Å². The van der Waals surface area contributed by atoms with Crippen molar-refractivity contribution in [3.05, 3.63) is 51.5 Å². The zero-order chi connectivity index (χ0) is 15.5. The molecule has 0 saturated heterocycles. The Balaban J connectivity index is 1.67. The van der Waals surface area contributed by atoms with Gasteiger partial charge in [-0.15, -0.1) is 11.3 Å². The summed E-state index contributed by atoms with van der Waals surface area (Å²) in [6.45, 7) is 2.93. The molecule has 5 nitrogen and oxygen atoms in total. The molecule has 0 aliphatic rings. The Morgan fingerprint density at radius 1 is 1.36 bits per heavy atom. The first-order valence-corrected chi connectivity index (χ1v) is 7.79. The van der Waals surface area contributed by atoms with Crippen LogP contribution in [0.2, 0.25) is 0 Å². The summed E-state index contributed by atoms with van der Waals surface area (Å²) in [4.78, 5) is 21.6. The van der Waals surface area contributed by atoms with Crippen molar-refractivity contribution in [2.45, 2.75) is 20.1 Å². The molecule has 0 radical (unpaired) electrons. The number of thiophene rings is 1. The number of H-pyrrole nitrogens is 1. The molecule has 0 aliphatic carbocycles. The first-order valence-electron chi connectivity index (χ1n) is 6.97. The molecule has 0 saturated carbocycles. The van der Waals surface area contributed by atoms with Crippen molar-refractivity contribution >= 4 is 28.3 Å². The predicted molar refractivity (Wildman–Crippen MR) is 87.0 cm³/mol. The summed E-state index contributed by atoms with van der Waals surface area (Å²) >= 11 is 1.44. The van der Waals surface area contributed by atoms with Crippen LogP contribution in [0.15, 0.2) is 30.3 Å². The highest BCUT2D eigenvalue weighted by Gasteiger charge is 2.10. The number of aromatic amines is 1. The van der Waals surface area contributed by atoms with E-state index in [0.717, 1.165) is 27.3 Å². The predicted octanol–water partition coefficient (Wildman–Crippen LogP) is 3.01. The average Bonchev–Trinajstić information content (AvgIpc) is 3.12. The molecule has 3 aromatic rings. The van der Waals surface area contributed by atoms with Gasteiger partial charge >= 0.3 is 0 Å². The van der Waals surface area contributed by atoms with Gasteiger partial charge in [-0.2, -0.15) is 0 Å². The molecular formula is C16H17N3O2S. The van der Waals surface area contributed by atoms with Gasteiger partial charge in [0, 0.05) is 12.0 Å². The Morgan fingerprint density at radius 2 is 2.23 bits per heavy atom. The number of amides is 1. The number of carbonyl (C=O) groups excluding carboxylic acids is 1. The smallest absolute Gasteiger partial charge is 0.261 e. The molecule has 2 heterocycles. The molecule has 6 heteroatoms. The lowest BCUT2D eigenvalue weighted by atomic mass is 10.2. The van der Waals surface area contributed by atoms with Crippen LogP contribution in [0.3, 0.4) is 0 Å². The van der Waals surface area contributed by atoms with Crippen molar-refractivity contribution in [1.29, 1.82) is 0 Å². The Morgan fingerprint density at radius 3 is 3.00 bits per heavy atom. The van der Waals surface area contributed by atoms with Gasteiger partial charge in [0.2, 0.25) is 0 Å². The third kappa shape index (κ3) is 3.03. The molecule has 3 rings (SSSR count). The minimum Gasteiger partial charge on any atom is -0.379 e. The number of aryl methyl sites for hydroxylation is 1. The highest BCUT2D eigenvalue weighted by Crippen LogP contribution is 2.18. The number of imidazole rings is 1. The number of aromatic nitrogens is 2. The van der Waals surface area contributed by atoms with E-state index < -0.39 is 0 Å². The standard InChI is InChI=1S/C16H17N3O2S/c1-10-4-3-5-12-15(10)19-14(18-12)8-17-16(20)13-7-6-11(22-13)9-21-2/h3-7H,8-9H2,1-2H3,(H,17,20)(H,18,19). The maximum atomic E-state index is 12.1. The normalized spacial score (nSPS) is 11.0. The van der Waals surface area contributed by atoms with Gasteiger partial charge < -0.3 is 15.0 Å². The minimum absolute atomic E-state index is 0.0930. The zero-order valence-electron chi connectivity index (χ0n) is 12.5. The summed E-state index contributed by atoms with van der Waals surface area (Å²) in [6.07, 6.45) is 0. The molecular weight excluding hydrogens is 298 g/mol. The topological polar surface area (TPSA) is 67.0 Å². The molecule has 0 atom stereocenters. The van der Waals surface area contributed by atoms with Crippen molar-refractivity contribution in [3.63, 3.8) is 0 Å². The molecule has 22 heavy (non-hydrogen) atoms. The first kappa shape index (κ1) is 14.7. The second kappa shape index (κ2) is 6.29. The Kier molecular flexibility index (Phi) is 4.22. The van der Waals surface area contributed by atoms with Crippen LogP contribution in [0.25, 0.3) is 11.0 Å². The van der Waals surface area contributed by atoms with Gasteiger partial charge in [-0.3, -0.25) is 4.79 Å². The quantitative estimate of drug-likeness (QED) is 0.760. The van der Waals surface area contributed by atoms with Gasteiger partial charge in [0.05, 0.1) is 29.1 Å². The van der Waals surface area contributed by atoms with E-state index in [-0.39, 0.29) is 5.91 Å². The molecule has 0 aliphatic heterocycles. The summed E-state index contributed by atoms with van der Waals surface area (Å²) in [5.41, 5.74) is 3.06. The average molecular weight is 315 g/mol. The van der Waals surface area contributed by atoms with Crippen LogP contribution in [-0.4, -0.2) is 23.0 Å². The third-order valence-corrected chi connectivity index (χ3v) is 4.41. The second-order valence-electron chi connectivity index (χ2n) is 5.04. The monoisotopic (exact) mass is 315 g/mol. The number of hydrogen-bond acceptors (Lipinski definition) is 4.